The highest BCUT2D eigenvalue weighted by Crippen LogP contribution is 2.14. The van der Waals surface area contributed by atoms with E-state index < -0.39 is 5.91 Å². The van der Waals surface area contributed by atoms with Gasteiger partial charge in [-0.2, -0.15) is 0 Å². The van der Waals surface area contributed by atoms with Crippen LogP contribution in [-0.2, 0) is 11.3 Å². The van der Waals surface area contributed by atoms with Gasteiger partial charge >= 0.3 is 0 Å². The van der Waals surface area contributed by atoms with Gasteiger partial charge in [-0.1, -0.05) is 12.1 Å². The summed E-state index contributed by atoms with van der Waals surface area (Å²) >= 11 is 0. The summed E-state index contributed by atoms with van der Waals surface area (Å²) in [6.07, 6.45) is 1.59. The Balaban J connectivity index is 1.94. The van der Waals surface area contributed by atoms with Crippen molar-refractivity contribution in [3.63, 3.8) is 0 Å². The lowest BCUT2D eigenvalue weighted by atomic mass is 10.1. The summed E-state index contributed by atoms with van der Waals surface area (Å²) in [5.74, 6) is -0.0181. The number of carbonyl (C=O) groups excluding carboxylic acids is 2. The highest BCUT2D eigenvalue weighted by atomic mass is 16.3. The molecular weight excluding hydrogens is 270 g/mol. The van der Waals surface area contributed by atoms with Crippen molar-refractivity contribution in [2.45, 2.75) is 6.54 Å². The predicted molar refractivity (Wildman–Crippen MR) is 78.6 cm³/mol. The van der Waals surface area contributed by atoms with E-state index in [9.17, 15) is 9.59 Å². The highest BCUT2D eigenvalue weighted by Gasteiger charge is 2.12. The molecule has 3 N–H and O–H groups in total. The number of nitrogens with zero attached hydrogens (tertiary/aromatic N) is 1. The molecule has 1 heterocycles. The topological polar surface area (TPSA) is 88.6 Å². The fourth-order valence-electron chi connectivity index (χ4n) is 1.97. The third-order valence-corrected chi connectivity index (χ3v) is 2.89. The van der Waals surface area contributed by atoms with Crippen molar-refractivity contribution in [3.8, 4) is 0 Å². The minimum Gasteiger partial charge on any atom is -0.468 e. The smallest absolute Gasteiger partial charge is 0.250 e. The number of likely N-dealkylation sites (N-methyl/N-ethyl adjacent to an activating group) is 1. The quantitative estimate of drug-likeness (QED) is 0.841. The number of rotatable bonds is 6. The van der Waals surface area contributed by atoms with Crippen LogP contribution in [-0.4, -0.2) is 30.3 Å². The number of furan rings is 1. The normalized spacial score (nSPS) is 10.6. The lowest BCUT2D eigenvalue weighted by Crippen LogP contribution is -2.30. The average molecular weight is 287 g/mol. The summed E-state index contributed by atoms with van der Waals surface area (Å²) in [6, 6.07) is 10.3. The van der Waals surface area contributed by atoms with Crippen LogP contribution in [0.5, 0.6) is 0 Å². The third kappa shape index (κ3) is 4.19. The molecule has 2 amide bonds. The highest BCUT2D eigenvalue weighted by molar-refractivity contribution is 6.03. The molecule has 0 spiro atoms. The molecule has 0 aliphatic rings. The van der Waals surface area contributed by atoms with Crippen molar-refractivity contribution in [2.75, 3.05) is 18.9 Å². The lowest BCUT2D eigenvalue weighted by molar-refractivity contribution is -0.117. The second kappa shape index (κ2) is 6.71. The molecule has 1 aromatic carbocycles. The van der Waals surface area contributed by atoms with E-state index in [0.29, 0.717) is 17.8 Å². The molecule has 0 aliphatic heterocycles. The number of nitrogens with two attached hydrogens (primary N) is 1. The summed E-state index contributed by atoms with van der Waals surface area (Å²) in [5, 5.41) is 2.69. The maximum atomic E-state index is 12.0. The maximum absolute atomic E-state index is 12.0. The van der Waals surface area contributed by atoms with Crippen molar-refractivity contribution in [1.82, 2.24) is 4.90 Å². The molecule has 6 heteroatoms. The molecule has 0 saturated carbocycles. The second-order valence-electron chi connectivity index (χ2n) is 4.71. The van der Waals surface area contributed by atoms with Gasteiger partial charge in [0.25, 0.3) is 5.91 Å². The minimum absolute atomic E-state index is 0.174. The third-order valence-electron chi connectivity index (χ3n) is 2.89. The van der Waals surface area contributed by atoms with Gasteiger partial charge in [0.2, 0.25) is 5.91 Å². The van der Waals surface area contributed by atoms with Crippen LogP contribution in [0, 0.1) is 0 Å². The van der Waals surface area contributed by atoms with Crippen LogP contribution >= 0.6 is 0 Å². The molecule has 0 unspecified atom stereocenters. The van der Waals surface area contributed by atoms with Crippen molar-refractivity contribution in [3.05, 3.63) is 54.0 Å². The van der Waals surface area contributed by atoms with Crippen molar-refractivity contribution >= 4 is 17.5 Å². The zero-order valence-corrected chi connectivity index (χ0v) is 11.7. The molecule has 2 rings (SSSR count). The number of anilines is 1. The van der Waals surface area contributed by atoms with Gasteiger partial charge in [0, 0.05) is 0 Å². The Morgan fingerprint density at radius 2 is 2.00 bits per heavy atom. The van der Waals surface area contributed by atoms with E-state index in [1.165, 1.54) is 0 Å². The Bertz CT molecular complexity index is 623. The van der Waals surface area contributed by atoms with Crippen LogP contribution in [0.1, 0.15) is 16.1 Å². The number of hydrogen-bond donors (Lipinski definition) is 2. The van der Waals surface area contributed by atoms with E-state index in [0.717, 1.165) is 5.76 Å². The summed E-state index contributed by atoms with van der Waals surface area (Å²) in [6.45, 7) is 0.700. The van der Waals surface area contributed by atoms with Gasteiger partial charge in [-0.05, 0) is 31.3 Å². The molecule has 21 heavy (non-hydrogen) atoms. The fourth-order valence-corrected chi connectivity index (χ4v) is 1.97. The molecule has 6 nitrogen and oxygen atoms in total. The Hall–Kier alpha value is -2.60. The molecular formula is C15H17N3O3. The van der Waals surface area contributed by atoms with Crippen LogP contribution in [0.2, 0.25) is 0 Å². The molecule has 110 valence electrons. The lowest BCUT2D eigenvalue weighted by Gasteiger charge is -2.15. The van der Waals surface area contributed by atoms with E-state index in [4.69, 9.17) is 10.2 Å². The minimum atomic E-state index is -0.574. The van der Waals surface area contributed by atoms with Crippen LogP contribution in [0.3, 0.4) is 0 Å². The molecule has 1 aromatic heterocycles. The van der Waals surface area contributed by atoms with E-state index >= 15 is 0 Å². The van der Waals surface area contributed by atoms with E-state index in [2.05, 4.69) is 5.32 Å². The van der Waals surface area contributed by atoms with Gasteiger partial charge in [-0.15, -0.1) is 0 Å². The molecule has 0 aliphatic carbocycles. The summed E-state index contributed by atoms with van der Waals surface area (Å²) in [5.41, 5.74) is 5.98. The standard InChI is InChI=1S/C15H17N3O3/c1-18(9-11-5-4-8-21-11)10-14(19)17-13-7-3-2-6-12(13)15(16)20/h2-8H,9-10H2,1H3,(H2,16,20)(H,17,19). The summed E-state index contributed by atoms with van der Waals surface area (Å²) in [7, 11) is 1.81. The first-order chi connectivity index (χ1) is 10.1. The van der Waals surface area contributed by atoms with Crippen LogP contribution in [0.15, 0.2) is 47.1 Å². The Labute approximate surface area is 122 Å². The van der Waals surface area contributed by atoms with Gasteiger partial charge in [-0.25, -0.2) is 0 Å². The largest absolute Gasteiger partial charge is 0.468 e. The number of para-hydroxylation sites is 1. The molecule has 0 atom stereocenters. The monoisotopic (exact) mass is 287 g/mol. The van der Waals surface area contributed by atoms with E-state index in [1.807, 2.05) is 13.1 Å². The summed E-state index contributed by atoms with van der Waals surface area (Å²) < 4.78 is 5.22. The maximum Gasteiger partial charge on any atom is 0.250 e. The van der Waals surface area contributed by atoms with Crippen molar-refractivity contribution < 1.29 is 14.0 Å². The molecule has 0 fully saturated rings. The van der Waals surface area contributed by atoms with Crippen LogP contribution < -0.4 is 11.1 Å². The number of benzene rings is 1. The summed E-state index contributed by atoms with van der Waals surface area (Å²) in [4.78, 5) is 25.1. The Morgan fingerprint density at radius 1 is 1.24 bits per heavy atom. The number of amides is 2. The first kappa shape index (κ1) is 14.8. The van der Waals surface area contributed by atoms with Crippen molar-refractivity contribution in [1.29, 1.82) is 0 Å². The van der Waals surface area contributed by atoms with Gasteiger partial charge in [0.15, 0.2) is 0 Å². The van der Waals surface area contributed by atoms with Gasteiger partial charge in [-0.3, -0.25) is 14.5 Å². The second-order valence-corrected chi connectivity index (χ2v) is 4.71. The molecule has 0 radical (unpaired) electrons. The van der Waals surface area contributed by atoms with Crippen LogP contribution in [0.25, 0.3) is 0 Å². The van der Waals surface area contributed by atoms with E-state index in [-0.39, 0.29) is 12.5 Å². The number of nitrogens with one attached hydrogen (secondary N) is 1. The number of primary amides is 1. The zero-order chi connectivity index (χ0) is 15.2. The fraction of sp³-hybridized carbons (Fsp3) is 0.200. The molecule has 0 bridgehead atoms. The molecule has 2 aromatic rings. The van der Waals surface area contributed by atoms with Crippen LogP contribution in [0.4, 0.5) is 5.69 Å². The van der Waals surface area contributed by atoms with Gasteiger partial charge in [0.1, 0.15) is 5.76 Å². The van der Waals surface area contributed by atoms with Gasteiger partial charge < -0.3 is 15.5 Å². The SMILES string of the molecule is CN(CC(=O)Nc1ccccc1C(N)=O)Cc1ccco1. The average Bonchev–Trinajstić information content (AvgIpc) is 2.91. The predicted octanol–water partition coefficient (Wildman–Crippen LogP) is 1.45. The first-order valence-electron chi connectivity index (χ1n) is 6.46. The molecule has 0 saturated heterocycles. The number of hydrogen-bond acceptors (Lipinski definition) is 4. The number of carbonyl (C=O) groups is 2. The Kier molecular flexibility index (Phi) is 4.73. The van der Waals surface area contributed by atoms with Gasteiger partial charge in [0.05, 0.1) is 30.6 Å². The van der Waals surface area contributed by atoms with E-state index in [1.54, 1.807) is 41.5 Å². The zero-order valence-electron chi connectivity index (χ0n) is 11.7. The Morgan fingerprint density at radius 3 is 2.67 bits per heavy atom. The first-order valence-corrected chi connectivity index (χ1v) is 6.46. The van der Waals surface area contributed by atoms with Crippen molar-refractivity contribution in [2.24, 2.45) is 5.73 Å².